The average molecular weight is 549 g/mol. The maximum absolute atomic E-state index is 13.5. The van der Waals surface area contributed by atoms with Crippen molar-refractivity contribution in [2.24, 2.45) is 0 Å². The van der Waals surface area contributed by atoms with Crippen LogP contribution in [0.5, 0.6) is 0 Å². The van der Waals surface area contributed by atoms with Gasteiger partial charge in [0.15, 0.2) is 0 Å². The largest absolute Gasteiger partial charge is 0.352 e. The van der Waals surface area contributed by atoms with Crippen molar-refractivity contribution < 1.29 is 18.0 Å². The van der Waals surface area contributed by atoms with Crippen LogP contribution in [0.4, 0.5) is 5.69 Å². The molecule has 0 bridgehead atoms. The third-order valence-electron chi connectivity index (χ3n) is 5.31. The van der Waals surface area contributed by atoms with Crippen molar-refractivity contribution in [2.45, 2.75) is 45.8 Å². The summed E-state index contributed by atoms with van der Waals surface area (Å²) < 4.78 is 26.1. The van der Waals surface area contributed by atoms with E-state index in [4.69, 9.17) is 34.8 Å². The van der Waals surface area contributed by atoms with E-state index in [2.05, 4.69) is 5.32 Å². The van der Waals surface area contributed by atoms with Crippen molar-refractivity contribution in [3.63, 3.8) is 0 Å². The van der Waals surface area contributed by atoms with Crippen molar-refractivity contribution in [3.05, 3.63) is 63.1 Å². The molecule has 1 N–H and O–H groups in total. The Hall–Kier alpha value is -2.00. The Kier molecular flexibility index (Phi) is 10.1. The lowest BCUT2D eigenvalue weighted by Crippen LogP contribution is -2.52. The molecule has 2 aromatic rings. The number of hydrogen-bond donors (Lipinski definition) is 1. The number of nitrogens with zero attached hydrogens (tertiary/aromatic N) is 2. The Morgan fingerprint density at radius 1 is 1.03 bits per heavy atom. The van der Waals surface area contributed by atoms with E-state index in [0.29, 0.717) is 5.02 Å². The molecule has 2 atom stereocenters. The molecular weight excluding hydrogens is 521 g/mol. The lowest BCUT2D eigenvalue weighted by molar-refractivity contribution is -0.139. The first-order chi connectivity index (χ1) is 15.8. The van der Waals surface area contributed by atoms with E-state index in [9.17, 15) is 18.0 Å². The van der Waals surface area contributed by atoms with Crippen LogP contribution in [0.2, 0.25) is 15.1 Å². The van der Waals surface area contributed by atoms with E-state index in [1.54, 1.807) is 37.3 Å². The van der Waals surface area contributed by atoms with Crippen molar-refractivity contribution in [1.82, 2.24) is 10.2 Å². The molecule has 0 saturated carbocycles. The third kappa shape index (κ3) is 7.50. The van der Waals surface area contributed by atoms with Gasteiger partial charge in [-0.15, -0.1) is 0 Å². The predicted molar refractivity (Wildman–Crippen MR) is 138 cm³/mol. The van der Waals surface area contributed by atoms with Crippen molar-refractivity contribution in [3.8, 4) is 0 Å². The molecule has 0 aromatic heterocycles. The molecule has 0 unspecified atom stereocenters. The van der Waals surface area contributed by atoms with Crippen LogP contribution in [-0.4, -0.2) is 50.0 Å². The first kappa shape index (κ1) is 28.2. The van der Waals surface area contributed by atoms with E-state index in [-0.39, 0.29) is 34.2 Å². The molecular formula is C23H28Cl3N3O4S. The standard InChI is InChI=1S/C23H28Cl3N3O4S/c1-5-15(2)27-23(31)16(3)28(13-17-9-11-18(24)12-10-17)21(30)14-29(34(4,32)33)20-8-6-7-19(25)22(20)26/h6-12,15-16H,5,13-14H2,1-4H3,(H,27,31)/t15-,16-/m0/s1. The van der Waals surface area contributed by atoms with Gasteiger partial charge in [-0.1, -0.05) is 59.9 Å². The summed E-state index contributed by atoms with van der Waals surface area (Å²) in [6.45, 7) is 4.91. The lowest BCUT2D eigenvalue weighted by Gasteiger charge is -2.32. The molecule has 2 aromatic carbocycles. The highest BCUT2D eigenvalue weighted by Crippen LogP contribution is 2.33. The van der Waals surface area contributed by atoms with Crippen LogP contribution in [0, 0.1) is 0 Å². The van der Waals surface area contributed by atoms with Gasteiger partial charge in [0.25, 0.3) is 0 Å². The molecule has 186 valence electrons. The Balaban J connectivity index is 2.42. The smallest absolute Gasteiger partial charge is 0.244 e. The van der Waals surface area contributed by atoms with Crippen LogP contribution in [0.15, 0.2) is 42.5 Å². The Morgan fingerprint density at radius 3 is 2.21 bits per heavy atom. The molecule has 0 heterocycles. The zero-order valence-corrected chi connectivity index (χ0v) is 22.5. The van der Waals surface area contributed by atoms with Crippen LogP contribution in [-0.2, 0) is 26.2 Å². The Morgan fingerprint density at radius 2 is 1.65 bits per heavy atom. The van der Waals surface area contributed by atoms with E-state index in [0.717, 1.165) is 22.5 Å². The minimum atomic E-state index is -3.91. The Labute approximate surface area is 216 Å². The zero-order valence-electron chi connectivity index (χ0n) is 19.4. The molecule has 11 heteroatoms. The van der Waals surface area contributed by atoms with Crippen LogP contribution >= 0.6 is 34.8 Å². The second-order valence-corrected chi connectivity index (χ2v) is 11.1. The zero-order chi connectivity index (χ0) is 25.6. The van der Waals surface area contributed by atoms with Crippen molar-refractivity contribution >= 4 is 62.3 Å². The molecule has 34 heavy (non-hydrogen) atoms. The summed E-state index contributed by atoms with van der Waals surface area (Å²) in [5.74, 6) is -0.924. The molecule has 2 amide bonds. The van der Waals surface area contributed by atoms with E-state index in [1.165, 1.54) is 17.0 Å². The number of nitrogens with one attached hydrogen (secondary N) is 1. The summed E-state index contributed by atoms with van der Waals surface area (Å²) >= 11 is 18.3. The number of hydrogen-bond acceptors (Lipinski definition) is 4. The number of carbonyl (C=O) groups excluding carboxylic acids is 2. The number of amides is 2. The second kappa shape index (κ2) is 12.1. The number of carbonyl (C=O) groups is 2. The van der Waals surface area contributed by atoms with E-state index < -0.39 is 28.5 Å². The van der Waals surface area contributed by atoms with Gasteiger partial charge in [0.2, 0.25) is 21.8 Å². The number of rotatable bonds is 10. The molecule has 0 saturated heterocycles. The highest BCUT2D eigenvalue weighted by atomic mass is 35.5. The van der Waals surface area contributed by atoms with Gasteiger partial charge in [0, 0.05) is 17.6 Å². The van der Waals surface area contributed by atoms with E-state index in [1.807, 2.05) is 13.8 Å². The molecule has 7 nitrogen and oxygen atoms in total. The molecule has 2 rings (SSSR count). The fourth-order valence-corrected chi connectivity index (χ4v) is 4.54. The quantitative estimate of drug-likeness (QED) is 0.464. The number of halogens is 3. The highest BCUT2D eigenvalue weighted by molar-refractivity contribution is 7.92. The van der Waals surface area contributed by atoms with Crippen molar-refractivity contribution in [1.29, 1.82) is 0 Å². The second-order valence-electron chi connectivity index (χ2n) is 7.98. The summed E-state index contributed by atoms with van der Waals surface area (Å²) in [5.41, 5.74) is 0.806. The van der Waals surface area contributed by atoms with Gasteiger partial charge in [-0.3, -0.25) is 13.9 Å². The van der Waals surface area contributed by atoms with Crippen molar-refractivity contribution in [2.75, 3.05) is 17.1 Å². The number of benzene rings is 2. The number of sulfonamides is 1. The molecule has 0 fully saturated rings. The third-order valence-corrected chi connectivity index (χ3v) is 7.50. The summed E-state index contributed by atoms with van der Waals surface area (Å²) in [6, 6.07) is 10.4. The maximum atomic E-state index is 13.5. The summed E-state index contributed by atoms with van der Waals surface area (Å²) in [4.78, 5) is 27.7. The fraction of sp³-hybridized carbons (Fsp3) is 0.391. The predicted octanol–water partition coefficient (Wildman–Crippen LogP) is 4.74. The SMILES string of the molecule is CC[C@H](C)NC(=O)[C@H](C)N(Cc1ccc(Cl)cc1)C(=O)CN(c1cccc(Cl)c1Cl)S(C)(=O)=O. The Bertz CT molecular complexity index is 1130. The first-order valence-electron chi connectivity index (χ1n) is 10.6. The molecule has 0 aliphatic rings. The summed E-state index contributed by atoms with van der Waals surface area (Å²) in [7, 11) is -3.91. The van der Waals surface area contributed by atoms with Gasteiger partial charge in [0.05, 0.1) is 22.0 Å². The number of anilines is 1. The van der Waals surface area contributed by atoms with Gasteiger partial charge in [-0.25, -0.2) is 8.42 Å². The van der Waals surface area contributed by atoms with Crippen LogP contribution < -0.4 is 9.62 Å². The highest BCUT2D eigenvalue weighted by Gasteiger charge is 2.31. The summed E-state index contributed by atoms with van der Waals surface area (Å²) in [6.07, 6.45) is 1.69. The van der Waals surface area contributed by atoms with Crippen LogP contribution in [0.25, 0.3) is 0 Å². The van der Waals surface area contributed by atoms with Gasteiger partial charge in [0.1, 0.15) is 12.6 Å². The molecule has 0 aliphatic carbocycles. The minimum Gasteiger partial charge on any atom is -0.352 e. The maximum Gasteiger partial charge on any atom is 0.244 e. The molecule has 0 radical (unpaired) electrons. The monoisotopic (exact) mass is 547 g/mol. The topological polar surface area (TPSA) is 86.8 Å². The van der Waals surface area contributed by atoms with Crippen LogP contribution in [0.1, 0.15) is 32.8 Å². The fourth-order valence-electron chi connectivity index (χ4n) is 3.11. The van der Waals surface area contributed by atoms with Gasteiger partial charge in [-0.2, -0.15) is 0 Å². The molecule has 0 spiro atoms. The van der Waals surface area contributed by atoms with Gasteiger partial charge >= 0.3 is 0 Å². The lowest BCUT2D eigenvalue weighted by atomic mass is 10.1. The first-order valence-corrected chi connectivity index (χ1v) is 13.6. The van der Waals surface area contributed by atoms with Crippen LogP contribution in [0.3, 0.4) is 0 Å². The van der Waals surface area contributed by atoms with Gasteiger partial charge < -0.3 is 10.2 Å². The van der Waals surface area contributed by atoms with E-state index >= 15 is 0 Å². The minimum absolute atomic E-state index is 0.00852. The molecule has 0 aliphatic heterocycles. The average Bonchev–Trinajstić information content (AvgIpc) is 2.77. The summed E-state index contributed by atoms with van der Waals surface area (Å²) in [5, 5.41) is 3.56. The normalized spacial score (nSPS) is 13.1. The van der Waals surface area contributed by atoms with Gasteiger partial charge in [-0.05, 0) is 50.1 Å².